The summed E-state index contributed by atoms with van der Waals surface area (Å²) in [6.07, 6.45) is 1.81. The molecule has 5 heteroatoms. The predicted molar refractivity (Wildman–Crippen MR) is 89.0 cm³/mol. The van der Waals surface area contributed by atoms with Crippen LogP contribution in [0.3, 0.4) is 0 Å². The first-order valence-electron chi connectivity index (χ1n) is 7.10. The van der Waals surface area contributed by atoms with E-state index in [9.17, 15) is 4.79 Å². The fourth-order valence-electron chi connectivity index (χ4n) is 2.63. The number of anilines is 1. The number of fused-ring (bicyclic) bond motifs is 1. The van der Waals surface area contributed by atoms with E-state index >= 15 is 0 Å². The molecule has 0 atom stereocenters. The molecule has 1 N–H and O–H groups in total. The van der Waals surface area contributed by atoms with Crippen molar-refractivity contribution in [3.8, 4) is 17.2 Å². The van der Waals surface area contributed by atoms with Crippen molar-refractivity contribution in [3.05, 3.63) is 47.5 Å². The molecule has 0 unspecified atom stereocenters. The van der Waals surface area contributed by atoms with Gasteiger partial charge in [0.1, 0.15) is 0 Å². The zero-order chi connectivity index (χ0) is 16.4. The standard InChI is InChI=1S/C18H17NO4/c1-21-15-9-11(10-16(22-2)17(15)23-3)8-13-12-6-4-5-7-14(12)19-18(13)20/h4-10H,1-3H3,(H,19,20). The summed E-state index contributed by atoms with van der Waals surface area (Å²) in [5, 5.41) is 2.85. The summed E-state index contributed by atoms with van der Waals surface area (Å²) in [5.74, 6) is 1.49. The zero-order valence-corrected chi connectivity index (χ0v) is 13.2. The third-order valence-corrected chi connectivity index (χ3v) is 3.71. The molecule has 0 radical (unpaired) electrons. The van der Waals surface area contributed by atoms with Crippen molar-refractivity contribution in [3.63, 3.8) is 0 Å². The Morgan fingerprint density at radius 3 is 2.22 bits per heavy atom. The van der Waals surface area contributed by atoms with E-state index in [1.54, 1.807) is 21.3 Å². The summed E-state index contributed by atoms with van der Waals surface area (Å²) in [6.45, 7) is 0. The number of benzene rings is 2. The van der Waals surface area contributed by atoms with Gasteiger partial charge in [0.2, 0.25) is 5.75 Å². The number of rotatable bonds is 4. The molecule has 1 aliphatic heterocycles. The molecule has 118 valence electrons. The Morgan fingerprint density at radius 2 is 1.61 bits per heavy atom. The summed E-state index contributed by atoms with van der Waals surface area (Å²) in [4.78, 5) is 12.2. The van der Waals surface area contributed by atoms with Crippen LogP contribution in [0.15, 0.2) is 36.4 Å². The molecule has 0 bridgehead atoms. The summed E-state index contributed by atoms with van der Waals surface area (Å²) >= 11 is 0. The van der Waals surface area contributed by atoms with Gasteiger partial charge in [0, 0.05) is 16.8 Å². The van der Waals surface area contributed by atoms with Gasteiger partial charge >= 0.3 is 0 Å². The molecule has 1 heterocycles. The minimum Gasteiger partial charge on any atom is -0.493 e. The highest BCUT2D eigenvalue weighted by Gasteiger charge is 2.23. The van der Waals surface area contributed by atoms with Gasteiger partial charge in [0.05, 0.1) is 21.3 Å². The second kappa shape index (κ2) is 6.04. The molecule has 1 amide bonds. The molecule has 0 saturated heterocycles. The lowest BCUT2D eigenvalue weighted by molar-refractivity contribution is -0.110. The van der Waals surface area contributed by atoms with Crippen molar-refractivity contribution in [2.45, 2.75) is 0 Å². The first kappa shape index (κ1) is 15.0. The number of carbonyl (C=O) groups is 1. The fourth-order valence-corrected chi connectivity index (χ4v) is 2.63. The van der Waals surface area contributed by atoms with Gasteiger partial charge in [0.15, 0.2) is 11.5 Å². The minimum absolute atomic E-state index is 0.125. The molecule has 2 aromatic rings. The van der Waals surface area contributed by atoms with E-state index < -0.39 is 0 Å². The summed E-state index contributed by atoms with van der Waals surface area (Å²) in [5.41, 5.74) is 3.10. The van der Waals surface area contributed by atoms with E-state index in [4.69, 9.17) is 14.2 Å². The van der Waals surface area contributed by atoms with Crippen LogP contribution in [0.25, 0.3) is 11.6 Å². The van der Waals surface area contributed by atoms with Gasteiger partial charge in [-0.15, -0.1) is 0 Å². The van der Waals surface area contributed by atoms with Crippen LogP contribution >= 0.6 is 0 Å². The van der Waals surface area contributed by atoms with Crippen molar-refractivity contribution in [2.75, 3.05) is 26.6 Å². The molecular formula is C18H17NO4. The Labute approximate surface area is 134 Å². The summed E-state index contributed by atoms with van der Waals surface area (Å²) in [7, 11) is 4.68. The quantitative estimate of drug-likeness (QED) is 0.881. The molecule has 0 fully saturated rings. The van der Waals surface area contributed by atoms with Crippen LogP contribution in [0, 0.1) is 0 Å². The number of hydrogen-bond acceptors (Lipinski definition) is 4. The Bertz CT molecular complexity index is 770. The molecule has 5 nitrogen and oxygen atoms in total. The molecule has 2 aromatic carbocycles. The molecule has 0 aliphatic carbocycles. The molecule has 3 rings (SSSR count). The van der Waals surface area contributed by atoms with Crippen molar-refractivity contribution < 1.29 is 19.0 Å². The van der Waals surface area contributed by atoms with Gasteiger partial charge < -0.3 is 19.5 Å². The van der Waals surface area contributed by atoms with E-state index in [1.807, 2.05) is 42.5 Å². The predicted octanol–water partition coefficient (Wildman–Crippen LogP) is 3.21. The minimum atomic E-state index is -0.125. The maximum Gasteiger partial charge on any atom is 0.256 e. The number of nitrogens with one attached hydrogen (secondary N) is 1. The smallest absolute Gasteiger partial charge is 0.256 e. The molecule has 0 spiro atoms. The first-order valence-corrected chi connectivity index (χ1v) is 7.10. The molecule has 23 heavy (non-hydrogen) atoms. The lowest BCUT2D eigenvalue weighted by Gasteiger charge is -2.13. The molecule has 0 saturated carbocycles. The first-order chi connectivity index (χ1) is 11.2. The fraction of sp³-hybridized carbons (Fsp3) is 0.167. The highest BCUT2D eigenvalue weighted by atomic mass is 16.5. The monoisotopic (exact) mass is 311 g/mol. The molecule has 0 aromatic heterocycles. The lowest BCUT2D eigenvalue weighted by atomic mass is 10.0. The number of amides is 1. The van der Waals surface area contributed by atoms with Crippen LogP contribution in [0.5, 0.6) is 17.2 Å². The number of hydrogen-bond donors (Lipinski definition) is 1. The Hall–Kier alpha value is -2.95. The van der Waals surface area contributed by atoms with Crippen LogP contribution in [0.1, 0.15) is 11.1 Å². The van der Waals surface area contributed by atoms with E-state index in [1.165, 1.54) is 0 Å². The third kappa shape index (κ3) is 2.61. The number of ether oxygens (including phenoxy) is 3. The van der Waals surface area contributed by atoms with E-state index in [0.717, 1.165) is 16.8 Å². The summed E-state index contributed by atoms with van der Waals surface area (Å²) in [6, 6.07) is 11.2. The topological polar surface area (TPSA) is 56.8 Å². The third-order valence-electron chi connectivity index (χ3n) is 3.71. The second-order valence-electron chi connectivity index (χ2n) is 5.02. The Balaban J connectivity index is 2.11. The molecule has 1 aliphatic rings. The van der Waals surface area contributed by atoms with E-state index in [-0.39, 0.29) is 5.91 Å². The van der Waals surface area contributed by atoms with Gasteiger partial charge in [-0.1, -0.05) is 18.2 Å². The number of carbonyl (C=O) groups excluding carboxylic acids is 1. The van der Waals surface area contributed by atoms with Crippen LogP contribution in [-0.2, 0) is 4.79 Å². The van der Waals surface area contributed by atoms with Gasteiger partial charge in [-0.05, 0) is 29.8 Å². The van der Waals surface area contributed by atoms with Crippen LogP contribution in [0.4, 0.5) is 5.69 Å². The van der Waals surface area contributed by atoms with Gasteiger partial charge in [-0.2, -0.15) is 0 Å². The van der Waals surface area contributed by atoms with Gasteiger partial charge in [-0.25, -0.2) is 0 Å². The summed E-state index contributed by atoms with van der Waals surface area (Å²) < 4.78 is 16.0. The van der Waals surface area contributed by atoms with Crippen LogP contribution in [-0.4, -0.2) is 27.2 Å². The van der Waals surface area contributed by atoms with Crippen molar-refractivity contribution in [1.29, 1.82) is 0 Å². The SMILES string of the molecule is COc1cc(C=C2C(=O)Nc3ccccc32)cc(OC)c1OC. The molecular weight excluding hydrogens is 294 g/mol. The van der Waals surface area contributed by atoms with E-state index in [2.05, 4.69) is 5.32 Å². The average molecular weight is 311 g/mol. The van der Waals surface area contributed by atoms with Crippen molar-refractivity contribution in [2.24, 2.45) is 0 Å². The zero-order valence-electron chi connectivity index (χ0n) is 13.2. The average Bonchev–Trinajstić information content (AvgIpc) is 2.89. The van der Waals surface area contributed by atoms with Crippen LogP contribution < -0.4 is 19.5 Å². The maximum atomic E-state index is 12.2. The van der Waals surface area contributed by atoms with Gasteiger partial charge in [-0.3, -0.25) is 4.79 Å². The lowest BCUT2D eigenvalue weighted by Crippen LogP contribution is -2.03. The highest BCUT2D eigenvalue weighted by Crippen LogP contribution is 2.40. The largest absolute Gasteiger partial charge is 0.493 e. The van der Waals surface area contributed by atoms with Crippen LogP contribution in [0.2, 0.25) is 0 Å². The normalized spacial score (nSPS) is 14.4. The van der Waals surface area contributed by atoms with Crippen molar-refractivity contribution in [1.82, 2.24) is 0 Å². The Kier molecular flexibility index (Phi) is 3.93. The second-order valence-corrected chi connectivity index (χ2v) is 5.02. The van der Waals surface area contributed by atoms with Gasteiger partial charge in [0.25, 0.3) is 5.91 Å². The Morgan fingerprint density at radius 1 is 0.957 bits per heavy atom. The highest BCUT2D eigenvalue weighted by molar-refractivity contribution is 6.34. The van der Waals surface area contributed by atoms with E-state index in [0.29, 0.717) is 22.8 Å². The maximum absolute atomic E-state index is 12.2. The number of methoxy groups -OCH3 is 3. The number of para-hydroxylation sites is 1. The van der Waals surface area contributed by atoms with Crippen molar-refractivity contribution >= 4 is 23.2 Å².